The molecule has 1 aromatic rings. The second-order valence-electron chi connectivity index (χ2n) is 5.55. The maximum Gasteiger partial charge on any atom is 0.390 e. The first-order chi connectivity index (χ1) is 9.44. The summed E-state index contributed by atoms with van der Waals surface area (Å²) in [5.41, 5.74) is 0.707. The molecular weight excluding hydrogens is 265 g/mol. The van der Waals surface area contributed by atoms with Crippen molar-refractivity contribution >= 4 is 0 Å². The molecule has 2 unspecified atom stereocenters. The molecule has 0 saturated carbocycles. The molecule has 1 aliphatic rings. The highest BCUT2D eigenvalue weighted by Gasteiger charge is 2.34. The fourth-order valence-electron chi connectivity index (χ4n) is 2.78. The van der Waals surface area contributed by atoms with Gasteiger partial charge in [0.1, 0.15) is 0 Å². The standard InChI is InChI=1S/C15H21F3N2/c1-20-9-5-8-13(11-20)19-14(10-15(16,17)18)12-6-3-2-4-7-12/h2-4,6-7,13-14,19H,5,8-11H2,1H3. The minimum Gasteiger partial charge on any atom is -0.306 e. The zero-order valence-electron chi connectivity index (χ0n) is 11.7. The molecule has 1 saturated heterocycles. The third-order valence-electron chi connectivity index (χ3n) is 3.70. The summed E-state index contributed by atoms with van der Waals surface area (Å²) in [6.45, 7) is 1.83. The molecule has 1 aliphatic heterocycles. The van der Waals surface area contributed by atoms with Gasteiger partial charge in [-0.1, -0.05) is 30.3 Å². The van der Waals surface area contributed by atoms with Gasteiger partial charge < -0.3 is 10.2 Å². The monoisotopic (exact) mass is 286 g/mol. The van der Waals surface area contributed by atoms with E-state index in [0.717, 1.165) is 25.9 Å². The minimum atomic E-state index is -4.16. The van der Waals surface area contributed by atoms with Gasteiger partial charge in [-0.2, -0.15) is 13.2 Å². The van der Waals surface area contributed by atoms with Gasteiger partial charge in [0.05, 0.1) is 6.42 Å². The van der Waals surface area contributed by atoms with Crippen LogP contribution < -0.4 is 5.32 Å². The Morgan fingerprint density at radius 2 is 2.00 bits per heavy atom. The highest BCUT2D eigenvalue weighted by molar-refractivity contribution is 5.19. The minimum absolute atomic E-state index is 0.126. The molecule has 0 aromatic heterocycles. The van der Waals surface area contributed by atoms with Crippen LogP contribution in [0.3, 0.4) is 0 Å². The first kappa shape index (κ1) is 15.3. The predicted molar refractivity (Wildman–Crippen MR) is 73.5 cm³/mol. The second-order valence-corrected chi connectivity index (χ2v) is 5.55. The smallest absolute Gasteiger partial charge is 0.306 e. The number of likely N-dealkylation sites (N-methyl/N-ethyl adjacent to an activating group) is 1. The van der Waals surface area contributed by atoms with Crippen LogP contribution in [-0.4, -0.2) is 37.3 Å². The molecule has 1 N–H and O–H groups in total. The van der Waals surface area contributed by atoms with Crippen LogP contribution in [0.2, 0.25) is 0 Å². The Labute approximate surface area is 118 Å². The van der Waals surface area contributed by atoms with Crippen LogP contribution in [0.5, 0.6) is 0 Å². The topological polar surface area (TPSA) is 15.3 Å². The van der Waals surface area contributed by atoms with Gasteiger partial charge >= 0.3 is 6.18 Å². The third-order valence-corrected chi connectivity index (χ3v) is 3.70. The van der Waals surface area contributed by atoms with Gasteiger partial charge in [0.15, 0.2) is 0 Å². The van der Waals surface area contributed by atoms with Gasteiger partial charge in [-0.05, 0) is 32.0 Å². The summed E-state index contributed by atoms with van der Waals surface area (Å²) in [4.78, 5) is 2.16. The molecule has 0 aliphatic carbocycles. The summed E-state index contributed by atoms with van der Waals surface area (Å²) >= 11 is 0. The predicted octanol–water partition coefficient (Wildman–Crippen LogP) is 3.36. The maximum atomic E-state index is 12.8. The number of piperidine rings is 1. The van der Waals surface area contributed by atoms with E-state index in [4.69, 9.17) is 0 Å². The normalized spacial score (nSPS) is 22.7. The number of nitrogens with zero attached hydrogens (tertiary/aromatic N) is 1. The van der Waals surface area contributed by atoms with Crippen LogP contribution in [0.25, 0.3) is 0 Å². The number of likely N-dealkylation sites (tertiary alicyclic amines) is 1. The molecule has 20 heavy (non-hydrogen) atoms. The molecule has 2 atom stereocenters. The van der Waals surface area contributed by atoms with Crippen molar-refractivity contribution < 1.29 is 13.2 Å². The Kier molecular flexibility index (Phi) is 5.05. The molecule has 1 fully saturated rings. The molecule has 5 heteroatoms. The van der Waals surface area contributed by atoms with Gasteiger partial charge in [0.2, 0.25) is 0 Å². The van der Waals surface area contributed by atoms with Crippen molar-refractivity contribution in [1.29, 1.82) is 0 Å². The molecule has 0 spiro atoms. The number of nitrogens with one attached hydrogen (secondary N) is 1. The van der Waals surface area contributed by atoms with Gasteiger partial charge in [-0.15, -0.1) is 0 Å². The SMILES string of the molecule is CN1CCCC(NC(CC(F)(F)F)c2ccccc2)C1. The van der Waals surface area contributed by atoms with E-state index in [1.165, 1.54) is 0 Å². The van der Waals surface area contributed by atoms with Crippen molar-refractivity contribution in [3.05, 3.63) is 35.9 Å². The lowest BCUT2D eigenvalue weighted by Crippen LogP contribution is -2.46. The number of halogens is 3. The molecule has 112 valence electrons. The van der Waals surface area contributed by atoms with Crippen LogP contribution in [0.4, 0.5) is 13.2 Å². The molecule has 2 nitrogen and oxygen atoms in total. The van der Waals surface area contributed by atoms with E-state index in [0.29, 0.717) is 5.56 Å². The van der Waals surface area contributed by atoms with Gasteiger partial charge in [-0.3, -0.25) is 0 Å². The van der Waals surface area contributed by atoms with E-state index in [1.54, 1.807) is 24.3 Å². The Morgan fingerprint density at radius 1 is 1.30 bits per heavy atom. The summed E-state index contributed by atoms with van der Waals surface area (Å²) < 4.78 is 38.3. The number of rotatable bonds is 4. The van der Waals surface area contributed by atoms with E-state index in [-0.39, 0.29) is 6.04 Å². The molecule has 0 radical (unpaired) electrons. The molecule has 2 rings (SSSR count). The fraction of sp³-hybridized carbons (Fsp3) is 0.600. The lowest BCUT2D eigenvalue weighted by molar-refractivity contribution is -0.141. The van der Waals surface area contributed by atoms with E-state index < -0.39 is 18.6 Å². The first-order valence-electron chi connectivity index (χ1n) is 7.00. The summed E-state index contributed by atoms with van der Waals surface area (Å²) in [6.07, 6.45) is -3.02. The highest BCUT2D eigenvalue weighted by atomic mass is 19.4. The fourth-order valence-corrected chi connectivity index (χ4v) is 2.78. The van der Waals surface area contributed by atoms with Gasteiger partial charge in [0.25, 0.3) is 0 Å². The Hall–Kier alpha value is -1.07. The summed E-state index contributed by atoms with van der Waals surface area (Å²) in [7, 11) is 2.01. The average Bonchev–Trinajstić information content (AvgIpc) is 2.37. The molecule has 1 heterocycles. The van der Waals surface area contributed by atoms with Crippen LogP contribution in [-0.2, 0) is 0 Å². The Morgan fingerprint density at radius 3 is 2.60 bits per heavy atom. The van der Waals surface area contributed by atoms with E-state index in [9.17, 15) is 13.2 Å². The van der Waals surface area contributed by atoms with Crippen molar-refractivity contribution in [2.75, 3.05) is 20.1 Å². The maximum absolute atomic E-state index is 12.8. The number of benzene rings is 1. The largest absolute Gasteiger partial charge is 0.390 e. The van der Waals surface area contributed by atoms with E-state index >= 15 is 0 Å². The molecular formula is C15H21F3N2. The number of hydrogen-bond donors (Lipinski definition) is 1. The van der Waals surface area contributed by atoms with Crippen molar-refractivity contribution in [1.82, 2.24) is 10.2 Å². The van der Waals surface area contributed by atoms with Crippen LogP contribution in [0.15, 0.2) is 30.3 Å². The average molecular weight is 286 g/mol. The van der Waals surface area contributed by atoms with Crippen molar-refractivity contribution in [2.24, 2.45) is 0 Å². The van der Waals surface area contributed by atoms with Crippen LogP contribution >= 0.6 is 0 Å². The second kappa shape index (κ2) is 6.59. The van der Waals surface area contributed by atoms with Gasteiger partial charge in [0, 0.05) is 18.6 Å². The van der Waals surface area contributed by atoms with E-state index in [1.807, 2.05) is 13.1 Å². The molecule has 0 bridgehead atoms. The summed E-state index contributed by atoms with van der Waals surface area (Å²) in [5.74, 6) is 0. The van der Waals surface area contributed by atoms with Crippen LogP contribution in [0, 0.1) is 0 Å². The lowest BCUT2D eigenvalue weighted by Gasteiger charge is -2.33. The third kappa shape index (κ3) is 4.80. The Bertz CT molecular complexity index is 405. The van der Waals surface area contributed by atoms with Crippen molar-refractivity contribution in [3.63, 3.8) is 0 Å². The van der Waals surface area contributed by atoms with Crippen molar-refractivity contribution in [3.8, 4) is 0 Å². The first-order valence-corrected chi connectivity index (χ1v) is 7.00. The quantitative estimate of drug-likeness (QED) is 0.913. The Balaban J connectivity index is 2.06. The van der Waals surface area contributed by atoms with E-state index in [2.05, 4.69) is 10.2 Å². The summed E-state index contributed by atoms with van der Waals surface area (Å²) in [5, 5.41) is 3.20. The molecule has 1 aromatic carbocycles. The van der Waals surface area contributed by atoms with Crippen LogP contribution in [0.1, 0.15) is 30.9 Å². The van der Waals surface area contributed by atoms with Crippen molar-refractivity contribution in [2.45, 2.75) is 37.5 Å². The number of hydrogen-bond acceptors (Lipinski definition) is 2. The lowest BCUT2D eigenvalue weighted by atomic mass is 9.99. The zero-order chi connectivity index (χ0) is 14.6. The highest BCUT2D eigenvalue weighted by Crippen LogP contribution is 2.30. The molecule has 0 amide bonds. The zero-order valence-corrected chi connectivity index (χ0v) is 11.7. The summed E-state index contributed by atoms with van der Waals surface area (Å²) in [6, 6.07) is 8.38. The van der Waals surface area contributed by atoms with Gasteiger partial charge in [-0.25, -0.2) is 0 Å². The number of alkyl halides is 3.